The molecule has 2 aromatic carbocycles. The molecule has 2 N–H and O–H groups in total. The Hall–Kier alpha value is -4.34. The second kappa shape index (κ2) is 9.88. The van der Waals surface area contributed by atoms with E-state index >= 15 is 0 Å². The van der Waals surface area contributed by atoms with Gasteiger partial charge in [0.05, 0.1) is 17.9 Å². The zero-order chi connectivity index (χ0) is 25.0. The van der Waals surface area contributed by atoms with Gasteiger partial charge in [-0.15, -0.1) is 0 Å². The number of benzene rings is 2. The van der Waals surface area contributed by atoms with Gasteiger partial charge in [0.2, 0.25) is 0 Å². The highest BCUT2D eigenvalue weighted by Crippen LogP contribution is 2.35. The lowest BCUT2D eigenvalue weighted by molar-refractivity contribution is -0.137. The van der Waals surface area contributed by atoms with Gasteiger partial charge in [-0.3, -0.25) is 9.55 Å². The van der Waals surface area contributed by atoms with Crippen LogP contribution in [0.3, 0.4) is 0 Å². The Morgan fingerprint density at radius 1 is 1.00 bits per heavy atom. The van der Waals surface area contributed by atoms with Crippen LogP contribution in [0.5, 0.6) is 5.75 Å². The second-order valence-electron chi connectivity index (χ2n) is 7.58. The molecule has 0 bridgehead atoms. The molecule has 2 aromatic heterocycles. The fourth-order valence-corrected chi connectivity index (χ4v) is 3.53. The normalized spacial score (nSPS) is 11.2. The van der Waals surface area contributed by atoms with Crippen molar-refractivity contribution in [3.8, 4) is 22.8 Å². The molecule has 0 fully saturated rings. The Morgan fingerprint density at radius 2 is 1.74 bits per heavy atom. The molecule has 0 aliphatic heterocycles. The number of nitrogens with zero attached hydrogens (tertiary/aromatic N) is 3. The molecular formula is C25H22F3N5O2. The van der Waals surface area contributed by atoms with Crippen molar-refractivity contribution in [2.75, 3.05) is 17.2 Å². The number of rotatable bonds is 6. The van der Waals surface area contributed by atoms with Gasteiger partial charge >= 0.3 is 12.2 Å². The lowest BCUT2D eigenvalue weighted by Gasteiger charge is -2.16. The molecule has 0 saturated carbocycles. The fraction of sp³-hybridized carbons (Fsp3) is 0.160. The van der Waals surface area contributed by atoms with Crippen LogP contribution in [0.4, 0.5) is 29.3 Å². The van der Waals surface area contributed by atoms with Crippen LogP contribution in [0, 0.1) is 6.92 Å². The summed E-state index contributed by atoms with van der Waals surface area (Å²) in [6.07, 6.45) is 2.34. The smallest absolute Gasteiger partial charge is 0.416 e. The minimum absolute atomic E-state index is 0.0751. The Labute approximate surface area is 199 Å². The zero-order valence-corrected chi connectivity index (χ0v) is 18.9. The highest BCUT2D eigenvalue weighted by atomic mass is 19.4. The maximum atomic E-state index is 13.1. The molecule has 4 rings (SSSR count). The van der Waals surface area contributed by atoms with E-state index in [-0.39, 0.29) is 18.0 Å². The summed E-state index contributed by atoms with van der Waals surface area (Å²) < 4.78 is 46.7. The van der Waals surface area contributed by atoms with Gasteiger partial charge in [-0.05, 0) is 67.9 Å². The Bertz CT molecular complexity index is 1340. The van der Waals surface area contributed by atoms with E-state index in [9.17, 15) is 18.0 Å². The largest absolute Gasteiger partial charge is 0.492 e. The number of halogens is 3. The van der Waals surface area contributed by atoms with E-state index < -0.39 is 17.8 Å². The van der Waals surface area contributed by atoms with Crippen molar-refractivity contribution < 1.29 is 22.7 Å². The van der Waals surface area contributed by atoms with Crippen molar-refractivity contribution in [2.45, 2.75) is 20.0 Å². The Morgan fingerprint density at radius 3 is 2.43 bits per heavy atom. The molecule has 7 nitrogen and oxygen atoms in total. The lowest BCUT2D eigenvalue weighted by Crippen LogP contribution is -2.21. The molecule has 0 saturated heterocycles. The highest BCUT2D eigenvalue weighted by molar-refractivity contribution is 6.01. The number of nitrogens with one attached hydrogen (secondary N) is 2. The summed E-state index contributed by atoms with van der Waals surface area (Å²) in [6, 6.07) is 11.4. The molecule has 0 unspecified atom stereocenters. The van der Waals surface area contributed by atoms with Gasteiger partial charge in [0.15, 0.2) is 0 Å². The summed E-state index contributed by atoms with van der Waals surface area (Å²) in [6.45, 7) is 3.75. The maximum absolute atomic E-state index is 13.1. The number of pyridine rings is 1. The number of anilines is 2. The fourth-order valence-electron chi connectivity index (χ4n) is 3.53. The van der Waals surface area contributed by atoms with E-state index in [0.717, 1.165) is 34.8 Å². The number of aryl methyl sites for hydroxylation is 1. The molecule has 180 valence electrons. The third-order valence-corrected chi connectivity index (χ3v) is 5.17. The van der Waals surface area contributed by atoms with Crippen molar-refractivity contribution in [1.82, 2.24) is 14.5 Å². The van der Waals surface area contributed by atoms with Crippen molar-refractivity contribution in [1.29, 1.82) is 0 Å². The van der Waals surface area contributed by atoms with Gasteiger partial charge in [0.25, 0.3) is 0 Å². The second-order valence-corrected chi connectivity index (χ2v) is 7.58. The molecule has 0 atom stereocenters. The number of aromatic nitrogens is 3. The first-order valence-electron chi connectivity index (χ1n) is 10.7. The SMILES string of the molecule is CCOc1ccc(C(F)(F)F)cc1NC(=O)Nc1ccc(-n2ccnc2-c2ccncc2)cc1C. The molecular weight excluding hydrogens is 459 g/mol. The highest BCUT2D eigenvalue weighted by Gasteiger charge is 2.31. The summed E-state index contributed by atoms with van der Waals surface area (Å²) in [7, 11) is 0. The van der Waals surface area contributed by atoms with E-state index in [0.29, 0.717) is 5.69 Å². The van der Waals surface area contributed by atoms with E-state index in [2.05, 4.69) is 20.6 Å². The van der Waals surface area contributed by atoms with Crippen molar-refractivity contribution in [2.24, 2.45) is 0 Å². The number of carbonyl (C=O) groups excluding carboxylic acids is 1. The number of carbonyl (C=O) groups is 1. The molecule has 4 aromatic rings. The van der Waals surface area contributed by atoms with Crippen molar-refractivity contribution in [3.63, 3.8) is 0 Å². The molecule has 2 heterocycles. The molecule has 0 spiro atoms. The molecule has 35 heavy (non-hydrogen) atoms. The summed E-state index contributed by atoms with van der Waals surface area (Å²) >= 11 is 0. The minimum Gasteiger partial charge on any atom is -0.492 e. The first-order chi connectivity index (χ1) is 16.8. The van der Waals surface area contributed by atoms with Gasteiger partial charge in [0, 0.05) is 41.7 Å². The van der Waals surface area contributed by atoms with E-state index in [1.165, 1.54) is 6.07 Å². The van der Waals surface area contributed by atoms with Gasteiger partial charge in [0.1, 0.15) is 11.6 Å². The molecule has 10 heteroatoms. The number of hydrogen-bond acceptors (Lipinski definition) is 4. The predicted molar refractivity (Wildman–Crippen MR) is 127 cm³/mol. The number of hydrogen-bond donors (Lipinski definition) is 2. The summed E-state index contributed by atoms with van der Waals surface area (Å²) in [5.74, 6) is 0.879. The van der Waals surface area contributed by atoms with Crippen LogP contribution in [0.2, 0.25) is 0 Å². The molecule has 0 radical (unpaired) electrons. The van der Waals surface area contributed by atoms with Crippen LogP contribution in [0.15, 0.2) is 73.3 Å². The van der Waals surface area contributed by atoms with Crippen LogP contribution in [0.1, 0.15) is 18.1 Å². The number of ether oxygens (including phenoxy) is 1. The van der Waals surface area contributed by atoms with E-state index in [1.54, 1.807) is 31.6 Å². The van der Waals surface area contributed by atoms with E-state index in [4.69, 9.17) is 4.74 Å². The van der Waals surface area contributed by atoms with E-state index in [1.807, 2.05) is 42.0 Å². The van der Waals surface area contributed by atoms with Crippen LogP contribution in [-0.2, 0) is 6.18 Å². The average Bonchev–Trinajstić information content (AvgIpc) is 3.31. The van der Waals surface area contributed by atoms with Crippen molar-refractivity contribution in [3.05, 3.63) is 84.4 Å². The third kappa shape index (κ3) is 5.43. The van der Waals surface area contributed by atoms with Crippen LogP contribution in [0.25, 0.3) is 17.1 Å². The number of alkyl halides is 3. The first-order valence-corrected chi connectivity index (χ1v) is 10.7. The third-order valence-electron chi connectivity index (χ3n) is 5.17. The maximum Gasteiger partial charge on any atom is 0.416 e. The van der Waals surface area contributed by atoms with Crippen LogP contribution in [-0.4, -0.2) is 27.2 Å². The van der Waals surface area contributed by atoms with Gasteiger partial charge in [-0.2, -0.15) is 13.2 Å². The summed E-state index contributed by atoms with van der Waals surface area (Å²) in [5.41, 5.74) is 2.02. The lowest BCUT2D eigenvalue weighted by atomic mass is 10.1. The number of imidazole rings is 1. The summed E-state index contributed by atoms with van der Waals surface area (Å²) in [4.78, 5) is 21.1. The Balaban J connectivity index is 1.54. The van der Waals surface area contributed by atoms with Crippen molar-refractivity contribution >= 4 is 17.4 Å². The summed E-state index contributed by atoms with van der Waals surface area (Å²) in [5, 5.41) is 5.15. The topological polar surface area (TPSA) is 81.1 Å². The molecule has 0 aliphatic carbocycles. The van der Waals surface area contributed by atoms with Crippen LogP contribution >= 0.6 is 0 Å². The Kier molecular flexibility index (Phi) is 6.72. The predicted octanol–water partition coefficient (Wildman–Crippen LogP) is 6.30. The molecule has 2 amide bonds. The van der Waals surface area contributed by atoms with Gasteiger partial charge in [-0.25, -0.2) is 9.78 Å². The number of urea groups is 1. The zero-order valence-electron chi connectivity index (χ0n) is 18.9. The minimum atomic E-state index is -4.55. The first kappa shape index (κ1) is 23.8. The number of amides is 2. The molecule has 0 aliphatic rings. The van der Waals surface area contributed by atoms with Gasteiger partial charge in [-0.1, -0.05) is 0 Å². The standard InChI is InChI=1S/C25H22F3N5O2/c1-3-35-22-7-4-18(25(26,27)28)15-21(22)32-24(34)31-20-6-5-19(14-16(20)2)33-13-12-30-23(33)17-8-10-29-11-9-17/h4-15H,3H2,1-2H3,(H2,31,32,34). The average molecular weight is 481 g/mol. The monoisotopic (exact) mass is 481 g/mol. The van der Waals surface area contributed by atoms with Crippen LogP contribution < -0.4 is 15.4 Å². The van der Waals surface area contributed by atoms with Gasteiger partial charge < -0.3 is 15.4 Å². The quantitative estimate of drug-likeness (QED) is 0.338.